The van der Waals surface area contributed by atoms with Crippen molar-refractivity contribution in [3.63, 3.8) is 0 Å². The van der Waals surface area contributed by atoms with E-state index in [9.17, 15) is 0 Å². The Hall–Kier alpha value is -1.53. The van der Waals surface area contributed by atoms with Crippen molar-refractivity contribution >= 4 is 16.7 Å². The molecule has 0 aliphatic rings. The van der Waals surface area contributed by atoms with Gasteiger partial charge in [-0.05, 0) is 31.0 Å². The van der Waals surface area contributed by atoms with Crippen LogP contribution in [0.15, 0.2) is 24.5 Å². The van der Waals surface area contributed by atoms with Crippen LogP contribution in [0.3, 0.4) is 0 Å². The van der Waals surface area contributed by atoms with Gasteiger partial charge in [0.05, 0.1) is 0 Å². The molecule has 0 unspecified atom stereocenters. The highest BCUT2D eigenvalue weighted by Gasteiger charge is 2.12. The van der Waals surface area contributed by atoms with E-state index in [2.05, 4.69) is 32.2 Å². The Morgan fingerprint density at radius 3 is 3.00 bits per heavy atom. The molecule has 0 bridgehead atoms. The Morgan fingerprint density at radius 2 is 2.30 bits per heavy atom. The maximum absolute atomic E-state index is 5.63. The first-order valence-electron chi connectivity index (χ1n) is 7.00. The van der Waals surface area contributed by atoms with Crippen molar-refractivity contribution in [2.75, 3.05) is 18.0 Å². The van der Waals surface area contributed by atoms with Crippen LogP contribution in [0.1, 0.15) is 31.2 Å². The smallest absolute Gasteiger partial charge is 0.205 e. The van der Waals surface area contributed by atoms with Crippen molar-refractivity contribution in [3.8, 4) is 0 Å². The highest BCUT2D eigenvalue weighted by molar-refractivity contribution is 7.09. The lowest BCUT2D eigenvalue weighted by Gasteiger charge is -2.20. The summed E-state index contributed by atoms with van der Waals surface area (Å²) < 4.78 is 4.42. The number of rotatable bonds is 8. The monoisotopic (exact) mass is 291 g/mol. The lowest BCUT2D eigenvalue weighted by atomic mass is 10.2. The predicted molar refractivity (Wildman–Crippen MR) is 82.9 cm³/mol. The zero-order valence-electron chi connectivity index (χ0n) is 11.8. The van der Waals surface area contributed by atoms with Gasteiger partial charge >= 0.3 is 0 Å². The molecule has 0 spiro atoms. The molecule has 0 aliphatic heterocycles. The van der Waals surface area contributed by atoms with Gasteiger partial charge in [-0.1, -0.05) is 13.0 Å². The van der Waals surface area contributed by atoms with E-state index >= 15 is 0 Å². The molecule has 2 aromatic heterocycles. The summed E-state index contributed by atoms with van der Waals surface area (Å²) in [6.45, 7) is 4.52. The fourth-order valence-electron chi connectivity index (χ4n) is 1.93. The molecule has 0 atom stereocenters. The molecule has 108 valence electrons. The molecule has 0 aromatic carbocycles. The van der Waals surface area contributed by atoms with Crippen molar-refractivity contribution in [2.24, 2.45) is 5.73 Å². The van der Waals surface area contributed by atoms with Gasteiger partial charge in [-0.25, -0.2) is 4.98 Å². The van der Waals surface area contributed by atoms with Gasteiger partial charge in [0.1, 0.15) is 5.82 Å². The third kappa shape index (κ3) is 4.25. The van der Waals surface area contributed by atoms with Gasteiger partial charge in [-0.15, -0.1) is 0 Å². The van der Waals surface area contributed by atoms with Crippen LogP contribution < -0.4 is 10.6 Å². The van der Waals surface area contributed by atoms with E-state index in [1.165, 1.54) is 17.1 Å². The molecule has 0 fully saturated rings. The first-order valence-corrected chi connectivity index (χ1v) is 7.77. The van der Waals surface area contributed by atoms with E-state index < -0.39 is 0 Å². The zero-order valence-corrected chi connectivity index (χ0v) is 12.6. The minimum atomic E-state index is 0.685. The Morgan fingerprint density at radius 1 is 1.40 bits per heavy atom. The number of aryl methyl sites for hydroxylation is 1. The van der Waals surface area contributed by atoms with Crippen LogP contribution in [0.25, 0.3) is 0 Å². The van der Waals surface area contributed by atoms with E-state index in [4.69, 9.17) is 5.73 Å². The van der Waals surface area contributed by atoms with Crippen molar-refractivity contribution < 1.29 is 0 Å². The average molecular weight is 291 g/mol. The quantitative estimate of drug-likeness (QED) is 0.808. The number of nitrogens with two attached hydrogens (primary N) is 1. The van der Waals surface area contributed by atoms with Crippen LogP contribution in [-0.4, -0.2) is 27.4 Å². The summed E-state index contributed by atoms with van der Waals surface area (Å²) in [5.41, 5.74) is 6.81. The van der Waals surface area contributed by atoms with Gasteiger partial charge < -0.3 is 10.6 Å². The van der Waals surface area contributed by atoms with E-state index in [-0.39, 0.29) is 0 Å². The van der Waals surface area contributed by atoms with E-state index in [1.807, 2.05) is 12.3 Å². The molecule has 0 aliphatic carbocycles. The Bertz CT molecular complexity index is 499. The maximum atomic E-state index is 5.63. The van der Waals surface area contributed by atoms with Crippen LogP contribution in [0, 0.1) is 0 Å². The first kappa shape index (κ1) is 14.9. The first-order chi connectivity index (χ1) is 9.83. The minimum absolute atomic E-state index is 0.685. The van der Waals surface area contributed by atoms with Crippen molar-refractivity contribution in [1.82, 2.24) is 14.3 Å². The molecule has 0 radical (unpaired) electrons. The molecule has 0 saturated carbocycles. The average Bonchev–Trinajstić information content (AvgIpc) is 2.93. The fourth-order valence-corrected chi connectivity index (χ4v) is 2.67. The molecular formula is C14H21N5S. The Balaban J connectivity index is 2.09. The molecule has 5 nitrogen and oxygen atoms in total. The van der Waals surface area contributed by atoms with E-state index in [0.717, 1.165) is 43.3 Å². The van der Waals surface area contributed by atoms with Crippen molar-refractivity contribution in [1.29, 1.82) is 0 Å². The molecule has 0 amide bonds. The second-order valence-electron chi connectivity index (χ2n) is 4.67. The molecule has 2 rings (SSSR count). The summed E-state index contributed by atoms with van der Waals surface area (Å²) in [7, 11) is 0. The summed E-state index contributed by atoms with van der Waals surface area (Å²) in [4.78, 5) is 11.0. The SMILES string of the molecule is CCCc1nsc(N(CCCN)Cc2cccnc2)n1. The number of aromatic nitrogens is 3. The van der Waals surface area contributed by atoms with Crippen LogP contribution in [0.5, 0.6) is 0 Å². The van der Waals surface area contributed by atoms with Crippen LogP contribution in [-0.2, 0) is 13.0 Å². The van der Waals surface area contributed by atoms with Crippen LogP contribution in [0.2, 0.25) is 0 Å². The van der Waals surface area contributed by atoms with Gasteiger partial charge in [0.2, 0.25) is 5.13 Å². The Labute approximate surface area is 124 Å². The molecule has 0 saturated heterocycles. The van der Waals surface area contributed by atoms with Crippen molar-refractivity contribution in [2.45, 2.75) is 32.7 Å². The van der Waals surface area contributed by atoms with Crippen molar-refractivity contribution in [3.05, 3.63) is 35.9 Å². The summed E-state index contributed by atoms with van der Waals surface area (Å²) >= 11 is 1.47. The van der Waals surface area contributed by atoms with Gasteiger partial charge in [-0.2, -0.15) is 4.37 Å². The number of nitrogens with zero attached hydrogens (tertiary/aromatic N) is 4. The largest absolute Gasteiger partial charge is 0.342 e. The lowest BCUT2D eigenvalue weighted by Crippen LogP contribution is -2.25. The van der Waals surface area contributed by atoms with Crippen LogP contribution in [0.4, 0.5) is 5.13 Å². The van der Waals surface area contributed by atoms with E-state index in [0.29, 0.717) is 6.54 Å². The number of hydrogen-bond donors (Lipinski definition) is 1. The molecule has 2 aromatic rings. The highest BCUT2D eigenvalue weighted by Crippen LogP contribution is 2.20. The topological polar surface area (TPSA) is 67.9 Å². The molecule has 20 heavy (non-hydrogen) atoms. The summed E-state index contributed by atoms with van der Waals surface area (Å²) in [5.74, 6) is 0.941. The normalized spacial score (nSPS) is 10.7. The summed E-state index contributed by atoms with van der Waals surface area (Å²) in [6, 6.07) is 4.04. The zero-order chi connectivity index (χ0) is 14.2. The fraction of sp³-hybridized carbons (Fsp3) is 0.500. The molecule has 2 heterocycles. The summed E-state index contributed by atoms with van der Waals surface area (Å²) in [6.07, 6.45) is 6.64. The van der Waals surface area contributed by atoms with Gasteiger partial charge in [0.25, 0.3) is 0 Å². The van der Waals surface area contributed by atoms with E-state index in [1.54, 1.807) is 6.20 Å². The van der Waals surface area contributed by atoms with Gasteiger partial charge in [0.15, 0.2) is 0 Å². The second-order valence-corrected chi connectivity index (χ2v) is 5.40. The second kappa shape index (κ2) is 7.91. The third-order valence-electron chi connectivity index (χ3n) is 2.93. The number of pyridine rings is 1. The summed E-state index contributed by atoms with van der Waals surface area (Å²) in [5, 5.41) is 0.978. The molecular weight excluding hydrogens is 270 g/mol. The maximum Gasteiger partial charge on any atom is 0.205 e. The van der Waals surface area contributed by atoms with Gasteiger partial charge in [-0.3, -0.25) is 4.98 Å². The Kier molecular flexibility index (Phi) is 5.88. The predicted octanol–water partition coefficient (Wildman–Crippen LogP) is 2.24. The third-order valence-corrected chi connectivity index (χ3v) is 3.74. The van der Waals surface area contributed by atoms with Crippen LogP contribution >= 0.6 is 11.5 Å². The van der Waals surface area contributed by atoms with Gasteiger partial charge in [0, 0.05) is 43.4 Å². The minimum Gasteiger partial charge on any atom is -0.342 e. The molecule has 6 heteroatoms. The highest BCUT2D eigenvalue weighted by atomic mass is 32.1. The standard InChI is InChI=1S/C14H21N5S/c1-2-5-13-17-14(20-18-13)19(9-4-7-15)11-12-6-3-8-16-10-12/h3,6,8,10H,2,4-5,7,9,11,15H2,1H3. The number of anilines is 1. The lowest BCUT2D eigenvalue weighted by molar-refractivity contribution is 0.728. The number of hydrogen-bond acceptors (Lipinski definition) is 6. The molecule has 2 N–H and O–H groups in total.